The molecule has 0 aliphatic carbocycles. The van der Waals surface area contributed by atoms with Crippen molar-refractivity contribution in [3.63, 3.8) is 0 Å². The molecule has 4 amide bonds. The number of carbonyl (C=O) groups is 2. The van der Waals surface area contributed by atoms with Crippen molar-refractivity contribution in [3.05, 3.63) is 0 Å². The standard InChI is InChI=1S/C12H28N6O2/c13-11(19)17(15)9-7-5-3-1-2-4-6-8-10-18(16)12(14)20/h1-10,15-16H2,(H2,13,19)(H2,14,20). The average molecular weight is 288 g/mol. The molecule has 0 radical (unpaired) electrons. The highest BCUT2D eigenvalue weighted by Crippen LogP contribution is 2.08. The van der Waals surface area contributed by atoms with Crippen LogP contribution in [0.1, 0.15) is 51.4 Å². The second kappa shape index (κ2) is 11.3. The Labute approximate surface area is 120 Å². The van der Waals surface area contributed by atoms with Crippen LogP contribution in [0, 0.1) is 0 Å². The molecule has 20 heavy (non-hydrogen) atoms. The van der Waals surface area contributed by atoms with Gasteiger partial charge in [-0.3, -0.25) is 10.0 Å². The third kappa shape index (κ3) is 10.4. The smallest absolute Gasteiger partial charge is 0.328 e. The Bertz CT molecular complexity index is 259. The van der Waals surface area contributed by atoms with E-state index in [-0.39, 0.29) is 0 Å². The number of nitrogens with zero attached hydrogens (tertiary/aromatic N) is 2. The number of primary amides is 2. The fraction of sp³-hybridized carbons (Fsp3) is 0.833. The molecule has 0 aliphatic rings. The van der Waals surface area contributed by atoms with Gasteiger partial charge < -0.3 is 11.5 Å². The molecule has 8 heteroatoms. The number of hydrogen-bond acceptors (Lipinski definition) is 4. The van der Waals surface area contributed by atoms with Crippen molar-refractivity contribution >= 4 is 12.1 Å². The van der Waals surface area contributed by atoms with Crippen LogP contribution in [0.15, 0.2) is 0 Å². The normalized spacial score (nSPS) is 10.3. The van der Waals surface area contributed by atoms with Crippen LogP contribution in [0.4, 0.5) is 9.59 Å². The number of amides is 4. The lowest BCUT2D eigenvalue weighted by molar-refractivity contribution is 0.206. The first-order valence-electron chi connectivity index (χ1n) is 7.08. The molecule has 0 bridgehead atoms. The Balaban J connectivity index is 3.21. The minimum absolute atomic E-state index is 0.509. The summed E-state index contributed by atoms with van der Waals surface area (Å²) in [6.45, 7) is 1.02. The Hall–Kier alpha value is -1.54. The second-order valence-corrected chi connectivity index (χ2v) is 4.89. The lowest BCUT2D eigenvalue weighted by Gasteiger charge is -2.13. The molecule has 0 rings (SSSR count). The van der Waals surface area contributed by atoms with Gasteiger partial charge in [-0.1, -0.05) is 38.5 Å². The molecule has 118 valence electrons. The van der Waals surface area contributed by atoms with Gasteiger partial charge in [0.1, 0.15) is 0 Å². The zero-order valence-corrected chi connectivity index (χ0v) is 12.1. The second-order valence-electron chi connectivity index (χ2n) is 4.89. The Morgan fingerprint density at radius 2 is 0.850 bits per heavy atom. The molecule has 0 saturated heterocycles. The maximum Gasteiger partial charge on any atom is 0.328 e. The highest BCUT2D eigenvalue weighted by atomic mass is 16.2. The van der Waals surface area contributed by atoms with Crippen molar-refractivity contribution in [1.29, 1.82) is 0 Å². The maximum absolute atomic E-state index is 10.6. The van der Waals surface area contributed by atoms with Crippen molar-refractivity contribution in [2.75, 3.05) is 13.1 Å². The molecule has 0 saturated carbocycles. The summed E-state index contributed by atoms with van der Waals surface area (Å²) < 4.78 is 0. The summed E-state index contributed by atoms with van der Waals surface area (Å²) in [5, 5.41) is 2.08. The number of rotatable bonds is 11. The van der Waals surface area contributed by atoms with Crippen LogP contribution in [-0.2, 0) is 0 Å². The zero-order valence-electron chi connectivity index (χ0n) is 12.1. The van der Waals surface area contributed by atoms with E-state index in [9.17, 15) is 9.59 Å². The van der Waals surface area contributed by atoms with Gasteiger partial charge in [0.15, 0.2) is 0 Å². The minimum atomic E-state index is -0.588. The molecular weight excluding hydrogens is 260 g/mol. The van der Waals surface area contributed by atoms with E-state index in [0.29, 0.717) is 13.1 Å². The van der Waals surface area contributed by atoms with Crippen molar-refractivity contribution in [3.8, 4) is 0 Å². The van der Waals surface area contributed by atoms with E-state index in [1.165, 1.54) is 0 Å². The summed E-state index contributed by atoms with van der Waals surface area (Å²) >= 11 is 0. The first-order valence-corrected chi connectivity index (χ1v) is 7.08. The SMILES string of the molecule is NC(=O)N(N)CCCCCCCCCCN(N)C(N)=O. The molecule has 0 aromatic carbocycles. The predicted molar refractivity (Wildman–Crippen MR) is 77.9 cm³/mol. The van der Waals surface area contributed by atoms with E-state index < -0.39 is 12.1 Å². The number of hydrazine groups is 2. The maximum atomic E-state index is 10.6. The highest BCUT2D eigenvalue weighted by molar-refractivity contribution is 5.71. The molecule has 0 aliphatic heterocycles. The quantitative estimate of drug-likeness (QED) is 0.191. The van der Waals surface area contributed by atoms with E-state index in [2.05, 4.69) is 0 Å². The molecule has 0 fully saturated rings. The first kappa shape index (κ1) is 18.5. The lowest BCUT2D eigenvalue weighted by atomic mass is 10.1. The van der Waals surface area contributed by atoms with Gasteiger partial charge >= 0.3 is 12.1 Å². The number of unbranched alkanes of at least 4 members (excludes halogenated alkanes) is 7. The molecule has 8 nitrogen and oxygen atoms in total. The van der Waals surface area contributed by atoms with Crippen LogP contribution < -0.4 is 23.2 Å². The van der Waals surface area contributed by atoms with Crippen LogP contribution in [0.3, 0.4) is 0 Å². The van der Waals surface area contributed by atoms with E-state index >= 15 is 0 Å². The number of urea groups is 2. The van der Waals surface area contributed by atoms with Gasteiger partial charge in [0.25, 0.3) is 0 Å². The molecule has 0 unspecified atom stereocenters. The minimum Gasteiger partial charge on any atom is -0.350 e. The van der Waals surface area contributed by atoms with Crippen LogP contribution in [0.2, 0.25) is 0 Å². The molecule has 0 atom stereocenters. The summed E-state index contributed by atoms with van der Waals surface area (Å²) in [6, 6.07) is -1.18. The summed E-state index contributed by atoms with van der Waals surface area (Å²) in [4.78, 5) is 21.3. The molecule has 0 aromatic rings. The fourth-order valence-electron chi connectivity index (χ4n) is 1.85. The third-order valence-electron chi connectivity index (χ3n) is 3.11. The van der Waals surface area contributed by atoms with E-state index in [0.717, 1.165) is 61.4 Å². The van der Waals surface area contributed by atoms with Gasteiger partial charge in [0.05, 0.1) is 0 Å². The molecule has 0 aromatic heterocycles. The van der Waals surface area contributed by atoms with Crippen molar-refractivity contribution < 1.29 is 9.59 Å². The van der Waals surface area contributed by atoms with Crippen molar-refractivity contribution in [2.45, 2.75) is 51.4 Å². The van der Waals surface area contributed by atoms with Gasteiger partial charge in [0.2, 0.25) is 0 Å². The van der Waals surface area contributed by atoms with Crippen molar-refractivity contribution in [2.24, 2.45) is 23.2 Å². The van der Waals surface area contributed by atoms with Crippen LogP contribution in [-0.4, -0.2) is 35.2 Å². The molecule has 8 N–H and O–H groups in total. The van der Waals surface area contributed by atoms with Crippen LogP contribution in [0.5, 0.6) is 0 Å². The zero-order chi connectivity index (χ0) is 15.4. The lowest BCUT2D eigenvalue weighted by Crippen LogP contribution is -2.41. The van der Waals surface area contributed by atoms with Gasteiger partial charge in [0, 0.05) is 13.1 Å². The van der Waals surface area contributed by atoms with Gasteiger partial charge in [-0.25, -0.2) is 21.3 Å². The predicted octanol–water partition coefficient (Wildman–Crippen LogP) is 0.616. The van der Waals surface area contributed by atoms with Gasteiger partial charge in [-0.05, 0) is 12.8 Å². The summed E-state index contributed by atoms with van der Waals surface area (Å²) in [5.74, 6) is 10.7. The molecule has 0 heterocycles. The molecule has 0 spiro atoms. The van der Waals surface area contributed by atoms with Crippen LogP contribution >= 0.6 is 0 Å². The van der Waals surface area contributed by atoms with E-state index in [1.807, 2.05) is 0 Å². The van der Waals surface area contributed by atoms with E-state index in [1.54, 1.807) is 0 Å². The van der Waals surface area contributed by atoms with E-state index in [4.69, 9.17) is 23.2 Å². The average Bonchev–Trinajstić information content (AvgIpc) is 2.39. The van der Waals surface area contributed by atoms with Crippen LogP contribution in [0.25, 0.3) is 0 Å². The summed E-state index contributed by atoms with van der Waals surface area (Å²) in [6.07, 6.45) is 8.39. The Morgan fingerprint density at radius 3 is 1.10 bits per heavy atom. The topological polar surface area (TPSA) is 145 Å². The Morgan fingerprint density at radius 1 is 0.600 bits per heavy atom. The highest BCUT2D eigenvalue weighted by Gasteiger charge is 2.03. The monoisotopic (exact) mass is 288 g/mol. The third-order valence-corrected chi connectivity index (χ3v) is 3.11. The summed E-state index contributed by atoms with van der Waals surface area (Å²) in [5.41, 5.74) is 10.0. The fourth-order valence-corrected chi connectivity index (χ4v) is 1.85. The van der Waals surface area contributed by atoms with Gasteiger partial charge in [-0.15, -0.1) is 0 Å². The first-order chi connectivity index (χ1) is 9.45. The largest absolute Gasteiger partial charge is 0.350 e. The summed E-state index contributed by atoms with van der Waals surface area (Å²) in [7, 11) is 0. The Kier molecular flexibility index (Phi) is 10.4. The van der Waals surface area contributed by atoms with Gasteiger partial charge in [-0.2, -0.15) is 0 Å². The number of carbonyl (C=O) groups excluding carboxylic acids is 2. The van der Waals surface area contributed by atoms with Crippen molar-refractivity contribution in [1.82, 2.24) is 10.0 Å². The number of hydrogen-bond donors (Lipinski definition) is 4. The molecular formula is C12H28N6O2. The number of nitrogens with two attached hydrogens (primary N) is 4.